The molecule has 7 nitrogen and oxygen atoms in total. The van der Waals surface area contributed by atoms with E-state index in [1.807, 2.05) is 51.1 Å². The number of anilines is 1. The molecule has 0 saturated heterocycles. The van der Waals surface area contributed by atoms with Crippen LogP contribution in [0.15, 0.2) is 48.8 Å². The number of nitrogens with zero attached hydrogens (tertiary/aromatic N) is 3. The Hall–Kier alpha value is -3.48. The lowest BCUT2D eigenvalue weighted by Gasteiger charge is -2.09. The first kappa shape index (κ1) is 19.3. The summed E-state index contributed by atoms with van der Waals surface area (Å²) in [5.41, 5.74) is 3.77. The van der Waals surface area contributed by atoms with Crippen molar-refractivity contribution in [2.75, 3.05) is 11.9 Å². The number of ether oxygens (including phenoxy) is 1. The van der Waals surface area contributed by atoms with Crippen molar-refractivity contribution in [2.24, 2.45) is 0 Å². The Morgan fingerprint density at radius 1 is 1.14 bits per heavy atom. The van der Waals surface area contributed by atoms with Crippen LogP contribution in [0.4, 0.5) is 5.69 Å². The molecule has 1 amide bonds. The van der Waals surface area contributed by atoms with Gasteiger partial charge in [0, 0.05) is 11.9 Å². The molecule has 0 radical (unpaired) electrons. The number of esters is 1. The molecule has 0 saturated carbocycles. The van der Waals surface area contributed by atoms with Gasteiger partial charge in [-0.3, -0.25) is 4.79 Å². The fraction of sp³-hybridized carbons (Fsp3) is 0.238. The highest BCUT2D eigenvalue weighted by atomic mass is 16.5. The number of carbonyl (C=O) groups is 2. The molecule has 3 aromatic rings. The van der Waals surface area contributed by atoms with Crippen LogP contribution in [0, 0.1) is 13.8 Å². The number of aromatic nitrogens is 3. The van der Waals surface area contributed by atoms with Gasteiger partial charge in [0.2, 0.25) is 0 Å². The summed E-state index contributed by atoms with van der Waals surface area (Å²) in [5, 5.41) is 6.99. The summed E-state index contributed by atoms with van der Waals surface area (Å²) in [6, 6.07) is 11.2. The molecule has 144 valence electrons. The van der Waals surface area contributed by atoms with Crippen LogP contribution in [0.3, 0.4) is 0 Å². The van der Waals surface area contributed by atoms with Crippen molar-refractivity contribution in [3.8, 4) is 5.82 Å². The van der Waals surface area contributed by atoms with Crippen molar-refractivity contribution >= 4 is 17.6 Å². The molecule has 1 aromatic carbocycles. The van der Waals surface area contributed by atoms with E-state index in [1.54, 1.807) is 16.9 Å². The number of nitrogens with one attached hydrogen (secondary N) is 1. The number of amides is 1. The molecular weight excluding hydrogens is 356 g/mol. The first-order valence-electron chi connectivity index (χ1n) is 9.01. The molecule has 2 aromatic heterocycles. The summed E-state index contributed by atoms with van der Waals surface area (Å²) >= 11 is 0. The topological polar surface area (TPSA) is 86.1 Å². The molecule has 3 rings (SSSR count). The Morgan fingerprint density at radius 2 is 1.89 bits per heavy atom. The van der Waals surface area contributed by atoms with E-state index in [1.165, 1.54) is 6.20 Å². The maximum atomic E-state index is 12.5. The zero-order chi connectivity index (χ0) is 20.1. The van der Waals surface area contributed by atoms with Crippen molar-refractivity contribution in [3.05, 3.63) is 71.2 Å². The molecule has 1 N–H and O–H groups in total. The monoisotopic (exact) mass is 378 g/mol. The maximum absolute atomic E-state index is 12.5. The average molecular weight is 378 g/mol. The minimum absolute atomic E-state index is 0.326. The van der Waals surface area contributed by atoms with Gasteiger partial charge in [-0.05, 0) is 55.7 Å². The Balaban J connectivity index is 1.66. The quantitative estimate of drug-likeness (QED) is 0.666. The molecule has 0 atom stereocenters. The summed E-state index contributed by atoms with van der Waals surface area (Å²) in [7, 11) is 0. The molecule has 2 heterocycles. The highest BCUT2D eigenvalue weighted by Gasteiger charge is 2.19. The second-order valence-electron chi connectivity index (χ2n) is 6.46. The van der Waals surface area contributed by atoms with E-state index in [-0.39, 0.29) is 6.61 Å². The van der Waals surface area contributed by atoms with E-state index in [2.05, 4.69) is 15.4 Å². The van der Waals surface area contributed by atoms with Gasteiger partial charge < -0.3 is 10.1 Å². The lowest BCUT2D eigenvalue weighted by atomic mass is 10.1. The van der Waals surface area contributed by atoms with Crippen molar-refractivity contribution in [2.45, 2.75) is 27.2 Å². The molecule has 7 heteroatoms. The van der Waals surface area contributed by atoms with Crippen LogP contribution < -0.4 is 5.32 Å². The summed E-state index contributed by atoms with van der Waals surface area (Å²) in [6.45, 7) is 5.45. The molecule has 0 aliphatic heterocycles. The summed E-state index contributed by atoms with van der Waals surface area (Å²) in [6.07, 6.45) is 3.67. The van der Waals surface area contributed by atoms with Gasteiger partial charge in [0.05, 0.1) is 11.9 Å². The largest absolute Gasteiger partial charge is 0.452 e. The van der Waals surface area contributed by atoms with Gasteiger partial charge in [-0.15, -0.1) is 0 Å². The van der Waals surface area contributed by atoms with Crippen LogP contribution >= 0.6 is 0 Å². The van der Waals surface area contributed by atoms with E-state index < -0.39 is 11.9 Å². The fourth-order valence-corrected chi connectivity index (χ4v) is 3.01. The molecule has 0 unspecified atom stereocenters. The third kappa shape index (κ3) is 4.43. The summed E-state index contributed by atoms with van der Waals surface area (Å²) in [4.78, 5) is 28.8. The smallest absolute Gasteiger partial charge is 0.342 e. The van der Waals surface area contributed by atoms with E-state index >= 15 is 0 Å². The number of pyridine rings is 1. The van der Waals surface area contributed by atoms with Crippen molar-refractivity contribution in [1.29, 1.82) is 0 Å². The first-order chi connectivity index (χ1) is 13.5. The molecule has 28 heavy (non-hydrogen) atoms. The second-order valence-corrected chi connectivity index (χ2v) is 6.46. The van der Waals surface area contributed by atoms with Crippen LogP contribution in [0.25, 0.3) is 5.82 Å². The molecular formula is C21H22N4O3. The van der Waals surface area contributed by atoms with Crippen molar-refractivity contribution < 1.29 is 14.3 Å². The van der Waals surface area contributed by atoms with Crippen molar-refractivity contribution in [1.82, 2.24) is 14.8 Å². The zero-order valence-electron chi connectivity index (χ0n) is 16.1. The van der Waals surface area contributed by atoms with Gasteiger partial charge in [0.15, 0.2) is 12.4 Å². The number of aryl methyl sites for hydroxylation is 2. The summed E-state index contributed by atoms with van der Waals surface area (Å²) < 4.78 is 6.79. The van der Waals surface area contributed by atoms with Crippen LogP contribution in [0.5, 0.6) is 0 Å². The Morgan fingerprint density at radius 3 is 2.54 bits per heavy atom. The zero-order valence-corrected chi connectivity index (χ0v) is 16.1. The Bertz CT molecular complexity index is 976. The highest BCUT2D eigenvalue weighted by Crippen LogP contribution is 2.16. The van der Waals surface area contributed by atoms with Gasteiger partial charge in [0.1, 0.15) is 5.56 Å². The van der Waals surface area contributed by atoms with Gasteiger partial charge in [-0.25, -0.2) is 14.5 Å². The second kappa shape index (κ2) is 8.47. The number of rotatable bonds is 6. The first-order valence-corrected chi connectivity index (χ1v) is 9.01. The predicted octanol–water partition coefficient (Wildman–Crippen LogP) is 3.24. The van der Waals surface area contributed by atoms with Gasteiger partial charge in [-0.1, -0.05) is 19.1 Å². The van der Waals surface area contributed by atoms with Crippen LogP contribution in [-0.4, -0.2) is 33.2 Å². The molecule has 0 bridgehead atoms. The standard InChI is InChI=1S/C21H22N4O3/c1-4-18-17(12-23-25(18)19-7-5-6-8-22-19)21(27)28-13-20(26)24-16-10-14(2)9-15(3)11-16/h5-12H,4,13H2,1-3H3,(H,24,26). The highest BCUT2D eigenvalue weighted by molar-refractivity contribution is 5.96. The Labute approximate surface area is 163 Å². The van der Waals surface area contributed by atoms with Crippen LogP contribution in [0.1, 0.15) is 34.1 Å². The third-order valence-electron chi connectivity index (χ3n) is 4.13. The van der Waals surface area contributed by atoms with Gasteiger partial charge in [0.25, 0.3) is 5.91 Å². The lowest BCUT2D eigenvalue weighted by Crippen LogP contribution is -2.21. The number of hydrogen-bond acceptors (Lipinski definition) is 5. The SMILES string of the molecule is CCc1c(C(=O)OCC(=O)Nc2cc(C)cc(C)c2)cnn1-c1ccccn1. The fourth-order valence-electron chi connectivity index (χ4n) is 3.01. The maximum Gasteiger partial charge on any atom is 0.342 e. The van der Waals surface area contributed by atoms with Crippen LogP contribution in [-0.2, 0) is 16.0 Å². The molecule has 0 fully saturated rings. The lowest BCUT2D eigenvalue weighted by molar-refractivity contribution is -0.119. The normalized spacial score (nSPS) is 10.5. The average Bonchev–Trinajstić information content (AvgIpc) is 3.10. The summed E-state index contributed by atoms with van der Waals surface area (Å²) in [5.74, 6) is -0.367. The van der Waals surface area contributed by atoms with Gasteiger partial charge in [-0.2, -0.15) is 5.10 Å². The van der Waals surface area contributed by atoms with Gasteiger partial charge >= 0.3 is 5.97 Å². The minimum atomic E-state index is -0.588. The van der Waals surface area contributed by atoms with E-state index in [0.717, 1.165) is 11.1 Å². The number of benzene rings is 1. The van der Waals surface area contributed by atoms with Crippen LogP contribution in [0.2, 0.25) is 0 Å². The number of carbonyl (C=O) groups excluding carboxylic acids is 2. The third-order valence-corrected chi connectivity index (χ3v) is 4.13. The molecule has 0 spiro atoms. The van der Waals surface area contributed by atoms with Crippen molar-refractivity contribution in [3.63, 3.8) is 0 Å². The Kier molecular flexibility index (Phi) is 5.84. The number of hydrogen-bond donors (Lipinski definition) is 1. The molecule has 0 aliphatic rings. The molecule has 0 aliphatic carbocycles. The minimum Gasteiger partial charge on any atom is -0.452 e. The van der Waals surface area contributed by atoms with E-state index in [9.17, 15) is 9.59 Å². The van der Waals surface area contributed by atoms with E-state index in [4.69, 9.17) is 4.74 Å². The predicted molar refractivity (Wildman–Crippen MR) is 106 cm³/mol. The van der Waals surface area contributed by atoms with E-state index in [0.29, 0.717) is 29.2 Å².